The zero-order chi connectivity index (χ0) is 15.9. The van der Waals surface area contributed by atoms with E-state index in [0.717, 1.165) is 24.4 Å². The zero-order valence-electron chi connectivity index (χ0n) is 13.7. The van der Waals surface area contributed by atoms with Gasteiger partial charge in [0.2, 0.25) is 0 Å². The molecule has 0 amide bonds. The Morgan fingerprint density at radius 2 is 2.05 bits per heavy atom. The number of rotatable bonds is 7. The van der Waals surface area contributed by atoms with Crippen LogP contribution in [0, 0.1) is 0 Å². The van der Waals surface area contributed by atoms with Gasteiger partial charge in [-0.2, -0.15) is 0 Å². The maximum absolute atomic E-state index is 10.1. The molecule has 3 atom stereocenters. The summed E-state index contributed by atoms with van der Waals surface area (Å²) in [6, 6.07) is 7.77. The average Bonchev–Trinajstić information content (AvgIpc) is 2.46. The molecule has 22 heavy (non-hydrogen) atoms. The van der Waals surface area contributed by atoms with Gasteiger partial charge >= 0.3 is 0 Å². The summed E-state index contributed by atoms with van der Waals surface area (Å²) in [6.45, 7) is 7.27. The van der Waals surface area contributed by atoms with E-state index in [4.69, 9.17) is 14.2 Å². The van der Waals surface area contributed by atoms with E-state index in [0.29, 0.717) is 19.8 Å². The highest BCUT2D eigenvalue weighted by atomic mass is 16.5. The predicted octanol–water partition coefficient (Wildman–Crippen LogP) is 1.68. The van der Waals surface area contributed by atoms with Crippen LogP contribution in [0.1, 0.15) is 19.4 Å². The summed E-state index contributed by atoms with van der Waals surface area (Å²) in [6.07, 6.45) is -0.0505. The number of morpholine rings is 1. The molecular weight excluding hydrogens is 282 g/mol. The molecule has 1 aromatic carbocycles. The summed E-state index contributed by atoms with van der Waals surface area (Å²) in [7, 11) is 1.65. The molecule has 0 bridgehead atoms. The summed E-state index contributed by atoms with van der Waals surface area (Å²) in [5, 5.41) is 10.1. The largest absolute Gasteiger partial charge is 0.497 e. The van der Waals surface area contributed by atoms with Gasteiger partial charge in [0.1, 0.15) is 5.75 Å². The monoisotopic (exact) mass is 309 g/mol. The first kappa shape index (κ1) is 17.2. The molecule has 0 aromatic heterocycles. The zero-order valence-corrected chi connectivity index (χ0v) is 13.7. The molecule has 1 aliphatic heterocycles. The fourth-order valence-corrected chi connectivity index (χ4v) is 2.86. The fraction of sp³-hybridized carbons (Fsp3) is 0.647. The summed E-state index contributed by atoms with van der Waals surface area (Å²) < 4.78 is 16.5. The Bertz CT molecular complexity index is 444. The fourth-order valence-electron chi connectivity index (χ4n) is 2.86. The molecule has 0 saturated carbocycles. The first-order valence-corrected chi connectivity index (χ1v) is 7.83. The van der Waals surface area contributed by atoms with Crippen LogP contribution in [-0.2, 0) is 16.1 Å². The van der Waals surface area contributed by atoms with E-state index in [2.05, 4.69) is 18.7 Å². The van der Waals surface area contributed by atoms with E-state index in [9.17, 15) is 5.11 Å². The van der Waals surface area contributed by atoms with Gasteiger partial charge in [0.05, 0.1) is 38.6 Å². The quantitative estimate of drug-likeness (QED) is 0.830. The van der Waals surface area contributed by atoms with Gasteiger partial charge in [-0.25, -0.2) is 0 Å². The molecule has 0 unspecified atom stereocenters. The molecule has 0 aliphatic carbocycles. The number of ether oxygens (including phenoxy) is 3. The van der Waals surface area contributed by atoms with Gasteiger partial charge in [0, 0.05) is 19.6 Å². The van der Waals surface area contributed by atoms with E-state index in [1.54, 1.807) is 7.11 Å². The lowest BCUT2D eigenvalue weighted by Gasteiger charge is -2.36. The van der Waals surface area contributed by atoms with Crippen molar-refractivity contribution in [3.05, 3.63) is 29.8 Å². The van der Waals surface area contributed by atoms with Crippen LogP contribution in [0.3, 0.4) is 0 Å². The molecule has 1 aromatic rings. The molecule has 1 fully saturated rings. The molecule has 5 nitrogen and oxygen atoms in total. The van der Waals surface area contributed by atoms with Crippen LogP contribution < -0.4 is 4.74 Å². The summed E-state index contributed by atoms with van der Waals surface area (Å²) >= 11 is 0. The molecule has 124 valence electrons. The van der Waals surface area contributed by atoms with Gasteiger partial charge in [0.15, 0.2) is 0 Å². The minimum Gasteiger partial charge on any atom is -0.497 e. The van der Waals surface area contributed by atoms with Crippen molar-refractivity contribution in [2.45, 2.75) is 38.8 Å². The Hall–Kier alpha value is -1.14. The first-order chi connectivity index (χ1) is 10.6. The third-order valence-corrected chi connectivity index (χ3v) is 3.68. The Kier molecular flexibility index (Phi) is 6.64. The average molecular weight is 309 g/mol. The molecular formula is C17H27NO4. The van der Waals surface area contributed by atoms with Crippen LogP contribution in [-0.4, -0.2) is 61.7 Å². The Morgan fingerprint density at radius 3 is 2.73 bits per heavy atom. The lowest BCUT2D eigenvalue weighted by atomic mass is 10.2. The van der Waals surface area contributed by atoms with Gasteiger partial charge < -0.3 is 19.3 Å². The molecule has 1 saturated heterocycles. The number of benzene rings is 1. The van der Waals surface area contributed by atoms with Crippen molar-refractivity contribution in [1.82, 2.24) is 4.90 Å². The smallest absolute Gasteiger partial charge is 0.119 e. The van der Waals surface area contributed by atoms with Crippen molar-refractivity contribution in [2.75, 3.05) is 33.4 Å². The Morgan fingerprint density at radius 1 is 1.32 bits per heavy atom. The number of nitrogens with zero attached hydrogens (tertiary/aromatic N) is 1. The van der Waals surface area contributed by atoms with E-state index < -0.39 is 6.10 Å². The Balaban J connectivity index is 1.70. The summed E-state index contributed by atoms with van der Waals surface area (Å²) in [4.78, 5) is 2.23. The van der Waals surface area contributed by atoms with Crippen molar-refractivity contribution >= 4 is 0 Å². The van der Waals surface area contributed by atoms with Gasteiger partial charge in [-0.3, -0.25) is 4.90 Å². The second kappa shape index (κ2) is 8.48. The minimum absolute atomic E-state index is 0.216. The van der Waals surface area contributed by atoms with E-state index in [-0.39, 0.29) is 12.2 Å². The van der Waals surface area contributed by atoms with E-state index in [1.165, 1.54) is 0 Å². The van der Waals surface area contributed by atoms with E-state index >= 15 is 0 Å². The normalized spacial score (nSPS) is 24.2. The maximum atomic E-state index is 10.1. The highest BCUT2D eigenvalue weighted by molar-refractivity contribution is 5.27. The third kappa shape index (κ3) is 5.57. The van der Waals surface area contributed by atoms with Crippen molar-refractivity contribution in [3.63, 3.8) is 0 Å². The van der Waals surface area contributed by atoms with Gasteiger partial charge in [-0.1, -0.05) is 12.1 Å². The van der Waals surface area contributed by atoms with Crippen LogP contribution >= 0.6 is 0 Å². The summed E-state index contributed by atoms with van der Waals surface area (Å²) in [5.74, 6) is 0.818. The number of aliphatic hydroxyl groups is 1. The van der Waals surface area contributed by atoms with Crippen LogP contribution in [0.4, 0.5) is 0 Å². The number of hydrogen-bond donors (Lipinski definition) is 1. The third-order valence-electron chi connectivity index (χ3n) is 3.68. The standard InChI is InChI=1S/C17H27NO4/c1-13-8-18(9-14(2)22-13)10-16(19)12-21-11-15-5-4-6-17(7-15)20-3/h4-7,13-14,16,19H,8-12H2,1-3H3/t13-,14-,16+/m0/s1. The van der Waals surface area contributed by atoms with Gasteiger partial charge in [0.25, 0.3) is 0 Å². The molecule has 1 heterocycles. The molecule has 0 spiro atoms. The number of hydrogen-bond acceptors (Lipinski definition) is 5. The van der Waals surface area contributed by atoms with Crippen LogP contribution in [0.25, 0.3) is 0 Å². The van der Waals surface area contributed by atoms with Crippen molar-refractivity contribution < 1.29 is 19.3 Å². The van der Waals surface area contributed by atoms with Crippen molar-refractivity contribution in [3.8, 4) is 5.75 Å². The second-order valence-electron chi connectivity index (χ2n) is 6.00. The summed E-state index contributed by atoms with van der Waals surface area (Å²) in [5.41, 5.74) is 1.04. The molecule has 1 aliphatic rings. The van der Waals surface area contributed by atoms with Gasteiger partial charge in [-0.05, 0) is 31.5 Å². The molecule has 1 N–H and O–H groups in total. The number of methoxy groups -OCH3 is 1. The topological polar surface area (TPSA) is 51.2 Å². The van der Waals surface area contributed by atoms with Crippen molar-refractivity contribution in [2.24, 2.45) is 0 Å². The SMILES string of the molecule is COc1cccc(COC[C@H](O)CN2C[C@H](C)O[C@@H](C)C2)c1. The maximum Gasteiger partial charge on any atom is 0.119 e. The van der Waals surface area contributed by atoms with Crippen LogP contribution in [0.15, 0.2) is 24.3 Å². The highest BCUT2D eigenvalue weighted by Crippen LogP contribution is 2.14. The lowest BCUT2D eigenvalue weighted by Crippen LogP contribution is -2.48. The van der Waals surface area contributed by atoms with Crippen LogP contribution in [0.2, 0.25) is 0 Å². The second-order valence-corrected chi connectivity index (χ2v) is 6.00. The van der Waals surface area contributed by atoms with E-state index in [1.807, 2.05) is 24.3 Å². The minimum atomic E-state index is -0.483. The van der Waals surface area contributed by atoms with Crippen LogP contribution in [0.5, 0.6) is 5.75 Å². The predicted molar refractivity (Wildman–Crippen MR) is 85.1 cm³/mol. The first-order valence-electron chi connectivity index (χ1n) is 7.83. The van der Waals surface area contributed by atoms with Crippen molar-refractivity contribution in [1.29, 1.82) is 0 Å². The number of β-amino-alcohol motifs (C(OH)–C–C–N with tert-alkyl or cyclic N) is 1. The number of aliphatic hydroxyl groups excluding tert-OH is 1. The molecule has 5 heteroatoms. The highest BCUT2D eigenvalue weighted by Gasteiger charge is 2.23. The Labute approximate surface area is 132 Å². The lowest BCUT2D eigenvalue weighted by molar-refractivity contribution is -0.0826. The molecule has 2 rings (SSSR count). The van der Waals surface area contributed by atoms with Gasteiger partial charge in [-0.15, -0.1) is 0 Å². The molecule has 0 radical (unpaired) electrons.